The molecule has 7 nitrogen and oxygen atoms in total. The summed E-state index contributed by atoms with van der Waals surface area (Å²) < 4.78 is 6.00. The first-order valence-corrected chi connectivity index (χ1v) is 10.8. The number of amides is 2. The molecule has 5 rings (SSSR count). The number of aryl methyl sites for hydroxylation is 1. The van der Waals surface area contributed by atoms with Crippen LogP contribution in [0, 0.1) is 6.92 Å². The Morgan fingerprint density at radius 3 is 2.94 bits per heavy atom. The molecular weight excluding hydrogens is 402 g/mol. The summed E-state index contributed by atoms with van der Waals surface area (Å²) in [4.78, 5) is 26.7. The first-order chi connectivity index (χ1) is 15.7. The number of rotatable bonds is 4. The van der Waals surface area contributed by atoms with Gasteiger partial charge in [0.1, 0.15) is 23.8 Å². The fourth-order valence-corrected chi connectivity index (χ4v) is 4.14. The van der Waals surface area contributed by atoms with Crippen LogP contribution in [0.3, 0.4) is 0 Å². The number of nitrogens with one attached hydrogen (secondary N) is 2. The SMILES string of the molecule is Cc1c[nH]c2ncnc(C3=CCN(C(=O)NC4=CC=CC(Oc5ccccc5)C4)CC3)c12. The standard InChI is InChI=1S/C25H25N5O2/c1-17-15-26-24-22(17)23(27-16-28-24)18-10-12-30(13-11-18)25(31)29-19-6-5-9-21(14-19)32-20-7-3-2-4-8-20/h2-10,15-16,21H,11-14H2,1H3,(H,29,31)(H,26,27,28). The Morgan fingerprint density at radius 1 is 1.25 bits per heavy atom. The molecule has 162 valence electrons. The molecule has 1 atom stereocenters. The number of hydrogen-bond donors (Lipinski definition) is 2. The monoisotopic (exact) mass is 427 g/mol. The molecule has 1 aliphatic carbocycles. The van der Waals surface area contributed by atoms with E-state index < -0.39 is 0 Å². The largest absolute Gasteiger partial charge is 0.486 e. The second-order valence-electron chi connectivity index (χ2n) is 8.02. The van der Waals surface area contributed by atoms with Crippen molar-refractivity contribution in [2.24, 2.45) is 0 Å². The second-order valence-corrected chi connectivity index (χ2v) is 8.02. The maximum atomic E-state index is 12.8. The molecule has 2 aliphatic rings. The van der Waals surface area contributed by atoms with Crippen LogP contribution in [0.25, 0.3) is 16.6 Å². The summed E-state index contributed by atoms with van der Waals surface area (Å²) in [6, 6.07) is 9.63. The summed E-state index contributed by atoms with van der Waals surface area (Å²) in [7, 11) is 0. The van der Waals surface area contributed by atoms with Gasteiger partial charge in [0.2, 0.25) is 0 Å². The van der Waals surface area contributed by atoms with Gasteiger partial charge in [-0.1, -0.05) is 30.4 Å². The molecule has 1 unspecified atom stereocenters. The van der Waals surface area contributed by atoms with E-state index in [1.807, 2.05) is 59.7 Å². The minimum Gasteiger partial charge on any atom is -0.486 e. The zero-order chi connectivity index (χ0) is 21.9. The van der Waals surface area contributed by atoms with Gasteiger partial charge in [0.05, 0.1) is 5.69 Å². The Balaban J connectivity index is 1.21. The number of hydrogen-bond acceptors (Lipinski definition) is 4. The van der Waals surface area contributed by atoms with Gasteiger partial charge in [-0.25, -0.2) is 14.8 Å². The number of fused-ring (bicyclic) bond motifs is 1. The number of carbonyl (C=O) groups is 1. The maximum absolute atomic E-state index is 12.8. The molecule has 1 aromatic carbocycles. The lowest BCUT2D eigenvalue weighted by Gasteiger charge is -2.28. The highest BCUT2D eigenvalue weighted by atomic mass is 16.5. The van der Waals surface area contributed by atoms with Crippen LogP contribution in [0.15, 0.2) is 72.9 Å². The van der Waals surface area contributed by atoms with Crippen molar-refractivity contribution < 1.29 is 9.53 Å². The van der Waals surface area contributed by atoms with Crippen LogP contribution in [0.5, 0.6) is 5.75 Å². The maximum Gasteiger partial charge on any atom is 0.321 e. The van der Waals surface area contributed by atoms with Gasteiger partial charge in [-0.05, 0) is 48.8 Å². The summed E-state index contributed by atoms with van der Waals surface area (Å²) >= 11 is 0. The van der Waals surface area contributed by atoms with Crippen molar-refractivity contribution in [1.29, 1.82) is 0 Å². The Hall–Kier alpha value is -3.87. The van der Waals surface area contributed by atoms with E-state index in [9.17, 15) is 4.79 Å². The molecule has 32 heavy (non-hydrogen) atoms. The van der Waals surface area contributed by atoms with Crippen LogP contribution in [0.2, 0.25) is 0 Å². The topological polar surface area (TPSA) is 83.1 Å². The number of para-hydroxylation sites is 1. The second kappa shape index (κ2) is 8.70. The van der Waals surface area contributed by atoms with E-state index in [1.165, 1.54) is 0 Å². The lowest BCUT2D eigenvalue weighted by molar-refractivity contribution is 0.203. The Kier molecular flexibility index (Phi) is 5.46. The van der Waals surface area contributed by atoms with Crippen molar-refractivity contribution in [2.75, 3.05) is 13.1 Å². The molecule has 2 aromatic heterocycles. The highest BCUT2D eigenvalue weighted by Gasteiger charge is 2.22. The van der Waals surface area contributed by atoms with Gasteiger partial charge in [0.25, 0.3) is 0 Å². The predicted molar refractivity (Wildman–Crippen MR) is 124 cm³/mol. The summed E-state index contributed by atoms with van der Waals surface area (Å²) in [5, 5.41) is 4.11. The van der Waals surface area contributed by atoms with Crippen LogP contribution >= 0.6 is 0 Å². The number of carbonyl (C=O) groups excluding carboxylic acids is 1. The minimum absolute atomic E-state index is 0.0917. The van der Waals surface area contributed by atoms with Gasteiger partial charge < -0.3 is 19.9 Å². The zero-order valence-corrected chi connectivity index (χ0v) is 17.9. The van der Waals surface area contributed by atoms with E-state index >= 15 is 0 Å². The van der Waals surface area contributed by atoms with Crippen LogP contribution in [-0.4, -0.2) is 45.1 Å². The minimum atomic E-state index is -0.102. The lowest BCUT2D eigenvalue weighted by atomic mass is 10.0. The van der Waals surface area contributed by atoms with E-state index in [4.69, 9.17) is 4.74 Å². The summed E-state index contributed by atoms with van der Waals surface area (Å²) in [5.41, 5.74) is 4.93. The Bertz CT molecular complexity index is 1230. The Morgan fingerprint density at radius 2 is 2.12 bits per heavy atom. The molecular formula is C25H25N5O2. The van der Waals surface area contributed by atoms with Gasteiger partial charge in [0, 0.05) is 36.8 Å². The smallest absolute Gasteiger partial charge is 0.321 e. The molecule has 2 N–H and O–H groups in total. The molecule has 0 bridgehead atoms. The number of H-pyrrole nitrogens is 1. The molecule has 1 aliphatic heterocycles. The molecule has 0 spiro atoms. The number of aromatic nitrogens is 3. The molecule has 0 radical (unpaired) electrons. The number of allylic oxidation sites excluding steroid dienone is 2. The molecule has 7 heteroatoms. The fraction of sp³-hybridized carbons (Fsp3) is 0.240. The number of ether oxygens (including phenoxy) is 1. The van der Waals surface area contributed by atoms with Crippen molar-refractivity contribution in [1.82, 2.24) is 25.2 Å². The third-order valence-electron chi connectivity index (χ3n) is 5.81. The fourth-order valence-electron chi connectivity index (χ4n) is 4.14. The van der Waals surface area contributed by atoms with Crippen molar-refractivity contribution in [3.05, 3.63) is 84.1 Å². The van der Waals surface area contributed by atoms with Crippen molar-refractivity contribution in [2.45, 2.75) is 25.9 Å². The van der Waals surface area contributed by atoms with Crippen LogP contribution in [0.4, 0.5) is 4.79 Å². The highest BCUT2D eigenvalue weighted by Crippen LogP contribution is 2.28. The van der Waals surface area contributed by atoms with Crippen LogP contribution in [-0.2, 0) is 0 Å². The van der Waals surface area contributed by atoms with Crippen molar-refractivity contribution in [3.8, 4) is 5.75 Å². The van der Waals surface area contributed by atoms with E-state index in [1.54, 1.807) is 6.33 Å². The molecule has 0 saturated heterocycles. The number of benzene rings is 1. The average Bonchev–Trinajstić information content (AvgIpc) is 3.21. The first-order valence-electron chi connectivity index (χ1n) is 10.8. The van der Waals surface area contributed by atoms with Gasteiger partial charge in [-0.2, -0.15) is 0 Å². The molecule has 0 fully saturated rings. The normalized spacial score (nSPS) is 18.3. The molecule has 2 amide bonds. The van der Waals surface area contributed by atoms with E-state index in [0.717, 1.165) is 45.7 Å². The average molecular weight is 428 g/mol. The lowest BCUT2D eigenvalue weighted by Crippen LogP contribution is -2.42. The van der Waals surface area contributed by atoms with Gasteiger partial charge in [0.15, 0.2) is 0 Å². The highest BCUT2D eigenvalue weighted by molar-refractivity contribution is 5.91. The molecule has 0 saturated carbocycles. The first kappa shape index (κ1) is 20.1. The zero-order valence-electron chi connectivity index (χ0n) is 17.9. The van der Waals surface area contributed by atoms with Crippen molar-refractivity contribution >= 4 is 22.6 Å². The summed E-state index contributed by atoms with van der Waals surface area (Å²) in [6.07, 6.45) is 12.8. The van der Waals surface area contributed by atoms with Crippen LogP contribution in [0.1, 0.15) is 24.1 Å². The summed E-state index contributed by atoms with van der Waals surface area (Å²) in [5.74, 6) is 0.819. The Labute approximate surface area is 186 Å². The summed E-state index contributed by atoms with van der Waals surface area (Å²) in [6.45, 7) is 3.23. The predicted octanol–water partition coefficient (Wildman–Crippen LogP) is 4.36. The van der Waals surface area contributed by atoms with E-state index in [2.05, 4.69) is 33.3 Å². The van der Waals surface area contributed by atoms with Gasteiger partial charge in [-0.3, -0.25) is 0 Å². The van der Waals surface area contributed by atoms with E-state index in [-0.39, 0.29) is 12.1 Å². The third kappa shape index (κ3) is 4.14. The van der Waals surface area contributed by atoms with E-state index in [0.29, 0.717) is 19.5 Å². The van der Waals surface area contributed by atoms with Crippen LogP contribution < -0.4 is 10.1 Å². The number of nitrogens with zero attached hydrogens (tertiary/aromatic N) is 3. The quantitative estimate of drug-likeness (QED) is 0.648. The van der Waals surface area contributed by atoms with Crippen molar-refractivity contribution in [3.63, 3.8) is 0 Å². The number of aromatic amines is 1. The van der Waals surface area contributed by atoms with Gasteiger partial charge in [-0.15, -0.1) is 0 Å². The number of urea groups is 1. The molecule has 3 aromatic rings. The van der Waals surface area contributed by atoms with Gasteiger partial charge >= 0.3 is 6.03 Å². The third-order valence-corrected chi connectivity index (χ3v) is 5.81. The molecule has 3 heterocycles.